The van der Waals surface area contributed by atoms with E-state index in [1.165, 1.54) is 4.90 Å². The summed E-state index contributed by atoms with van der Waals surface area (Å²) in [6.45, 7) is 3.74. The lowest BCUT2D eigenvalue weighted by Crippen LogP contribution is -2.70. The molecule has 1 saturated heterocycles. The van der Waals surface area contributed by atoms with Crippen molar-refractivity contribution in [3.8, 4) is 0 Å². The summed E-state index contributed by atoms with van der Waals surface area (Å²) in [6, 6.07) is 12.1. The molecule has 1 unspecified atom stereocenters. The van der Waals surface area contributed by atoms with Crippen molar-refractivity contribution >= 4 is 41.0 Å². The van der Waals surface area contributed by atoms with Crippen LogP contribution < -0.4 is 16.0 Å². The number of hydrogen-bond donors (Lipinski definition) is 2. The van der Waals surface area contributed by atoms with Crippen molar-refractivity contribution < 1.29 is 14.4 Å². The van der Waals surface area contributed by atoms with Gasteiger partial charge in [0.1, 0.15) is 11.9 Å². The van der Waals surface area contributed by atoms with Gasteiger partial charge in [-0.25, -0.2) is 9.78 Å². The quantitative estimate of drug-likeness (QED) is 0.455. The van der Waals surface area contributed by atoms with Gasteiger partial charge in [-0.2, -0.15) is 0 Å². The fourth-order valence-electron chi connectivity index (χ4n) is 4.56. The van der Waals surface area contributed by atoms with Gasteiger partial charge in [0.25, 0.3) is 5.91 Å². The number of likely N-dealkylation sites (N-methyl/N-ethyl adjacent to an activating group) is 1. The van der Waals surface area contributed by atoms with Gasteiger partial charge in [-0.3, -0.25) is 19.5 Å². The average Bonchev–Trinajstić information content (AvgIpc) is 2.87. The van der Waals surface area contributed by atoms with Gasteiger partial charge in [-0.15, -0.1) is 0 Å². The van der Waals surface area contributed by atoms with Crippen LogP contribution in [0.4, 0.5) is 16.3 Å². The second-order valence-electron chi connectivity index (χ2n) is 9.07. The zero-order valence-electron chi connectivity index (χ0n) is 20.9. The third kappa shape index (κ3) is 5.56. The fourth-order valence-corrected chi connectivity index (χ4v) is 4.76. The number of urea groups is 1. The SMILES string of the molecule is CC[C@@H](NC(=O)N1C(=O)C(Cc2ccnc(N)c2)[C@H]1C(=O)N(C)c1ccnc(C)c1)c1cccc(Cl)c1. The minimum Gasteiger partial charge on any atom is -0.384 e. The molecule has 192 valence electrons. The molecule has 2 aromatic heterocycles. The number of β-lactam (4-membered cyclic amide) rings is 1. The minimum absolute atomic E-state index is 0.250. The van der Waals surface area contributed by atoms with Crippen LogP contribution in [-0.4, -0.2) is 45.8 Å². The molecule has 3 N–H and O–H groups in total. The average molecular weight is 521 g/mol. The van der Waals surface area contributed by atoms with Gasteiger partial charge in [-0.05, 0) is 67.3 Å². The summed E-state index contributed by atoms with van der Waals surface area (Å²) in [7, 11) is 1.62. The van der Waals surface area contributed by atoms with Crippen LogP contribution >= 0.6 is 11.6 Å². The normalized spacial score (nSPS) is 17.6. The number of carbonyl (C=O) groups excluding carboxylic acids is 3. The molecule has 3 heterocycles. The number of likely N-dealkylation sites (tertiary alicyclic amines) is 1. The van der Waals surface area contributed by atoms with Gasteiger partial charge in [0.15, 0.2) is 0 Å². The first-order valence-corrected chi connectivity index (χ1v) is 12.4. The van der Waals surface area contributed by atoms with Crippen LogP contribution in [0, 0.1) is 12.8 Å². The van der Waals surface area contributed by atoms with Gasteiger partial charge in [0, 0.05) is 35.8 Å². The number of halogens is 1. The summed E-state index contributed by atoms with van der Waals surface area (Å²) in [5.41, 5.74) is 8.75. The number of nitrogens with one attached hydrogen (secondary N) is 1. The van der Waals surface area contributed by atoms with Crippen molar-refractivity contribution in [3.63, 3.8) is 0 Å². The Kier molecular flexibility index (Phi) is 7.73. The lowest BCUT2D eigenvalue weighted by Gasteiger charge is -2.46. The van der Waals surface area contributed by atoms with E-state index >= 15 is 0 Å². The monoisotopic (exact) mass is 520 g/mol. The number of pyridine rings is 2. The third-order valence-corrected chi connectivity index (χ3v) is 6.78. The van der Waals surface area contributed by atoms with Crippen LogP contribution in [0.25, 0.3) is 0 Å². The molecule has 0 spiro atoms. The summed E-state index contributed by atoms with van der Waals surface area (Å²) in [4.78, 5) is 51.0. The number of aromatic nitrogens is 2. The lowest BCUT2D eigenvalue weighted by atomic mass is 9.81. The molecule has 0 bridgehead atoms. The Morgan fingerprint density at radius 2 is 1.92 bits per heavy atom. The Morgan fingerprint density at radius 3 is 2.59 bits per heavy atom. The highest BCUT2D eigenvalue weighted by Crippen LogP contribution is 2.33. The van der Waals surface area contributed by atoms with Crippen molar-refractivity contribution in [2.24, 2.45) is 5.92 Å². The van der Waals surface area contributed by atoms with E-state index in [9.17, 15) is 14.4 Å². The Hall–Kier alpha value is -3.98. The van der Waals surface area contributed by atoms with Crippen molar-refractivity contribution in [2.75, 3.05) is 17.7 Å². The molecule has 9 nitrogen and oxygen atoms in total. The largest absolute Gasteiger partial charge is 0.384 e. The lowest BCUT2D eigenvalue weighted by molar-refractivity contribution is -0.156. The van der Waals surface area contributed by atoms with Crippen molar-refractivity contribution in [1.82, 2.24) is 20.2 Å². The van der Waals surface area contributed by atoms with Gasteiger partial charge < -0.3 is 16.0 Å². The second-order valence-corrected chi connectivity index (χ2v) is 9.51. The van der Waals surface area contributed by atoms with E-state index in [0.717, 1.165) is 21.7 Å². The standard InChI is InChI=1S/C27H29ClN6O3/c1-4-22(18-6-5-7-19(28)15-18)32-27(37)34-24(26(36)33(3)20-9-11-30-16(2)12-20)21(25(34)35)13-17-8-10-31-23(29)14-17/h5-12,14-15,21-22,24H,4,13H2,1-3H3,(H2,29,31)(H,32,37)/t21?,22-,24+/m1/s1. The van der Waals surface area contributed by atoms with E-state index in [2.05, 4.69) is 15.3 Å². The van der Waals surface area contributed by atoms with Crippen LogP contribution in [0.15, 0.2) is 60.9 Å². The number of imide groups is 1. The molecule has 0 saturated carbocycles. The van der Waals surface area contributed by atoms with Crippen LogP contribution in [0.2, 0.25) is 5.02 Å². The molecule has 4 rings (SSSR count). The van der Waals surface area contributed by atoms with E-state index in [4.69, 9.17) is 17.3 Å². The second kappa shape index (κ2) is 11.0. The fraction of sp³-hybridized carbons (Fsp3) is 0.296. The smallest absolute Gasteiger partial charge is 0.325 e. The van der Waals surface area contributed by atoms with Gasteiger partial charge in [0.2, 0.25) is 5.91 Å². The summed E-state index contributed by atoms with van der Waals surface area (Å²) >= 11 is 6.14. The van der Waals surface area contributed by atoms with Gasteiger partial charge in [0.05, 0.1) is 12.0 Å². The number of nitrogens with zero attached hydrogens (tertiary/aromatic N) is 4. The van der Waals surface area contributed by atoms with Gasteiger partial charge >= 0.3 is 6.03 Å². The molecule has 4 amide bonds. The molecular formula is C27H29ClN6O3. The number of rotatable bonds is 7. The number of nitrogen functional groups attached to an aromatic ring is 1. The van der Waals surface area contributed by atoms with E-state index in [0.29, 0.717) is 22.9 Å². The predicted octanol–water partition coefficient (Wildman–Crippen LogP) is 3.91. The van der Waals surface area contributed by atoms with Crippen molar-refractivity contribution in [1.29, 1.82) is 0 Å². The minimum atomic E-state index is -0.989. The molecule has 37 heavy (non-hydrogen) atoms. The van der Waals surface area contributed by atoms with Crippen molar-refractivity contribution in [2.45, 2.75) is 38.8 Å². The number of nitrogens with two attached hydrogens (primary N) is 1. The molecule has 1 aromatic carbocycles. The Balaban J connectivity index is 1.61. The highest BCUT2D eigenvalue weighted by molar-refractivity contribution is 6.30. The summed E-state index contributed by atoms with van der Waals surface area (Å²) in [5, 5.41) is 3.45. The predicted molar refractivity (Wildman–Crippen MR) is 142 cm³/mol. The molecule has 10 heteroatoms. The molecule has 1 aliphatic heterocycles. The Bertz CT molecular complexity index is 1330. The Morgan fingerprint density at radius 1 is 1.16 bits per heavy atom. The molecule has 0 aliphatic carbocycles. The first kappa shape index (κ1) is 26.1. The van der Waals surface area contributed by atoms with Crippen LogP contribution in [-0.2, 0) is 16.0 Å². The number of hydrogen-bond acceptors (Lipinski definition) is 6. The molecular weight excluding hydrogens is 492 g/mol. The maximum Gasteiger partial charge on any atom is 0.325 e. The first-order valence-electron chi connectivity index (χ1n) is 12.0. The molecule has 3 aromatic rings. The van der Waals surface area contributed by atoms with Crippen molar-refractivity contribution in [3.05, 3.63) is 82.8 Å². The zero-order valence-corrected chi connectivity index (χ0v) is 21.6. The highest BCUT2D eigenvalue weighted by Gasteiger charge is 2.55. The maximum atomic E-state index is 13.7. The van der Waals surface area contributed by atoms with E-state index in [1.54, 1.807) is 61.9 Å². The summed E-state index contributed by atoms with van der Waals surface area (Å²) < 4.78 is 0. The zero-order chi connectivity index (χ0) is 26.7. The molecule has 1 fully saturated rings. The topological polar surface area (TPSA) is 122 Å². The summed E-state index contributed by atoms with van der Waals surface area (Å²) in [5.74, 6) is -1.20. The molecule has 0 radical (unpaired) electrons. The van der Waals surface area contributed by atoms with E-state index in [1.807, 2.05) is 19.9 Å². The number of amides is 4. The van der Waals surface area contributed by atoms with Gasteiger partial charge in [-0.1, -0.05) is 30.7 Å². The number of carbonyl (C=O) groups is 3. The van der Waals surface area contributed by atoms with Crippen LogP contribution in [0.5, 0.6) is 0 Å². The van der Waals surface area contributed by atoms with Crippen LogP contribution in [0.3, 0.4) is 0 Å². The van der Waals surface area contributed by atoms with Crippen LogP contribution in [0.1, 0.15) is 36.2 Å². The summed E-state index contributed by atoms with van der Waals surface area (Å²) in [6.07, 6.45) is 3.99. The molecule has 1 aliphatic rings. The van der Waals surface area contributed by atoms with E-state index in [-0.39, 0.29) is 18.4 Å². The maximum absolute atomic E-state index is 13.7. The first-order chi connectivity index (χ1) is 17.7. The number of aryl methyl sites for hydroxylation is 1. The number of anilines is 2. The third-order valence-electron chi connectivity index (χ3n) is 6.54. The van der Waals surface area contributed by atoms with E-state index < -0.39 is 23.9 Å². The molecule has 3 atom stereocenters. The number of benzene rings is 1. The Labute approximate surface area is 220 Å². The highest BCUT2D eigenvalue weighted by atomic mass is 35.5.